The number of nitrogens with zero attached hydrogens (tertiary/aromatic N) is 1. The van der Waals surface area contributed by atoms with E-state index in [9.17, 15) is 8.78 Å². The van der Waals surface area contributed by atoms with Crippen LogP contribution in [-0.4, -0.2) is 30.8 Å². The van der Waals surface area contributed by atoms with Crippen molar-refractivity contribution in [3.05, 3.63) is 58.8 Å². The first-order valence-electron chi connectivity index (χ1n) is 6.43. The first kappa shape index (κ1) is 18.2. The van der Waals surface area contributed by atoms with Crippen molar-refractivity contribution in [2.45, 2.75) is 20.8 Å². The van der Waals surface area contributed by atoms with Gasteiger partial charge in [0.2, 0.25) is 0 Å². The van der Waals surface area contributed by atoms with Crippen molar-refractivity contribution in [1.82, 2.24) is 4.98 Å². The van der Waals surface area contributed by atoms with Crippen LogP contribution in [0.5, 0.6) is 0 Å². The third kappa shape index (κ3) is 4.58. The number of aromatic nitrogens is 1. The van der Waals surface area contributed by atoms with Gasteiger partial charge in [-0.15, -0.1) is 0 Å². The molecule has 1 heterocycles. The summed E-state index contributed by atoms with van der Waals surface area (Å²) in [4.78, 5) is 4.35. The Morgan fingerprint density at radius 2 is 1.76 bits per heavy atom. The molecule has 0 fully saturated rings. The molecular weight excluding hydrogens is 487 g/mol. The molecule has 21 heavy (non-hydrogen) atoms. The fourth-order valence-electron chi connectivity index (χ4n) is 1.68. The second-order valence-corrected chi connectivity index (χ2v) is 6.89. The Hall–Kier alpha value is -0.818. The van der Waals surface area contributed by atoms with Gasteiger partial charge in [-0.1, -0.05) is 13.8 Å². The number of hydrogen-bond donors (Lipinski definition) is 0. The average Bonchev–Trinajstić information content (AvgIpc) is 2.44. The number of benzene rings is 1. The van der Waals surface area contributed by atoms with Gasteiger partial charge in [0.1, 0.15) is 0 Å². The molecule has 5 heteroatoms. The SMILES string of the molecule is C=[C]([Pb])c1cc(C)cc(-c2cc(Cl)c(F)cc2F)n1.CC. The number of aryl methyl sites for hydroxylation is 1. The predicted molar refractivity (Wildman–Crippen MR) is 85.5 cm³/mol. The van der Waals surface area contributed by atoms with Crippen LogP contribution in [0.2, 0.25) is 5.02 Å². The second kappa shape index (κ2) is 7.98. The summed E-state index contributed by atoms with van der Waals surface area (Å²) in [5.41, 5.74) is 2.31. The Kier molecular flexibility index (Phi) is 6.93. The van der Waals surface area contributed by atoms with Crippen LogP contribution in [0.3, 0.4) is 0 Å². The van der Waals surface area contributed by atoms with Crippen LogP contribution in [0.25, 0.3) is 14.4 Å². The molecule has 0 amide bonds. The molecule has 0 N–H and O–H groups in total. The summed E-state index contributed by atoms with van der Waals surface area (Å²) in [6.45, 7) is 9.77. The van der Waals surface area contributed by atoms with Gasteiger partial charge >= 0.3 is 131 Å². The minimum atomic E-state index is -0.775. The zero-order valence-corrected chi connectivity index (χ0v) is 16.7. The molecule has 1 aromatic heterocycles. The molecule has 1 nitrogen and oxygen atoms in total. The standard InChI is InChI=1S/C14H9ClF2N.C2H6.Pb/c1-3-9-4-8(2)5-14(18-9)10-6-11(15)13(17)7-12(10)16;1-2;/h4-7H,1H2,2H3;1-2H3;. The molecule has 0 aliphatic heterocycles. The molecule has 0 spiro atoms. The van der Waals surface area contributed by atoms with Crippen LogP contribution in [0, 0.1) is 18.6 Å². The van der Waals surface area contributed by atoms with Crippen molar-refractivity contribution in [2.24, 2.45) is 0 Å². The van der Waals surface area contributed by atoms with Crippen molar-refractivity contribution >= 4 is 40.5 Å². The van der Waals surface area contributed by atoms with Gasteiger partial charge in [0.25, 0.3) is 0 Å². The maximum absolute atomic E-state index is 13.8. The molecule has 0 aliphatic rings. The normalized spacial score (nSPS) is 9.86. The van der Waals surface area contributed by atoms with E-state index in [2.05, 4.69) is 11.6 Å². The summed E-state index contributed by atoms with van der Waals surface area (Å²) in [5.74, 6) is -1.45. The van der Waals surface area contributed by atoms with E-state index < -0.39 is 11.6 Å². The van der Waals surface area contributed by atoms with Crippen molar-refractivity contribution in [3.8, 4) is 11.3 Å². The zero-order chi connectivity index (χ0) is 16.2. The van der Waals surface area contributed by atoms with Gasteiger partial charge in [0.05, 0.1) is 0 Å². The van der Waals surface area contributed by atoms with Gasteiger partial charge in [-0.3, -0.25) is 0 Å². The molecule has 2 aromatic rings. The van der Waals surface area contributed by atoms with Gasteiger partial charge in [-0.25, -0.2) is 0 Å². The van der Waals surface area contributed by atoms with E-state index in [0.717, 1.165) is 46.2 Å². The van der Waals surface area contributed by atoms with E-state index in [0.29, 0.717) is 5.69 Å². The second-order valence-electron chi connectivity index (χ2n) is 4.14. The van der Waals surface area contributed by atoms with Gasteiger partial charge in [-0.05, 0) is 0 Å². The number of rotatable bonds is 2. The predicted octanol–water partition coefficient (Wildman–Crippen LogP) is 5.15. The zero-order valence-electron chi connectivity index (χ0n) is 12.1. The molecule has 2 rings (SSSR count). The summed E-state index contributed by atoms with van der Waals surface area (Å²) < 4.78 is 27.9. The first-order valence-corrected chi connectivity index (χ1v) is 8.75. The van der Waals surface area contributed by atoms with Crippen LogP contribution in [0.15, 0.2) is 30.8 Å². The van der Waals surface area contributed by atoms with E-state index in [1.807, 2.05) is 26.8 Å². The Balaban J connectivity index is 0.00000106. The summed E-state index contributed by atoms with van der Waals surface area (Å²) >= 11 is 6.47. The van der Waals surface area contributed by atoms with Gasteiger partial charge < -0.3 is 0 Å². The van der Waals surface area contributed by atoms with Crippen LogP contribution >= 0.6 is 11.6 Å². The Bertz CT molecular complexity index is 672. The summed E-state index contributed by atoms with van der Waals surface area (Å²) in [5, 5.41) is -0.119. The fraction of sp³-hybridized carbons (Fsp3) is 0.188. The van der Waals surface area contributed by atoms with Crippen molar-refractivity contribution < 1.29 is 8.78 Å². The van der Waals surface area contributed by atoms with E-state index in [4.69, 9.17) is 11.6 Å². The number of pyridine rings is 1. The third-order valence-electron chi connectivity index (χ3n) is 2.56. The topological polar surface area (TPSA) is 12.9 Å². The number of hydrogen-bond acceptors (Lipinski definition) is 1. The molecule has 3 radical (unpaired) electrons. The maximum Gasteiger partial charge on any atom is -0.0683 e. The summed E-state index contributed by atoms with van der Waals surface area (Å²) in [7, 11) is 0. The molecule has 0 aliphatic carbocycles. The fourth-order valence-corrected chi connectivity index (χ4v) is 2.34. The molecule has 0 atom stereocenters. The van der Waals surface area contributed by atoms with Gasteiger partial charge in [0, 0.05) is 0 Å². The van der Waals surface area contributed by atoms with Crippen LogP contribution in [-0.2, 0) is 0 Å². The van der Waals surface area contributed by atoms with Gasteiger partial charge in [0.15, 0.2) is 0 Å². The quantitative estimate of drug-likeness (QED) is 0.409. The van der Waals surface area contributed by atoms with Gasteiger partial charge in [-0.2, -0.15) is 0 Å². The summed E-state index contributed by atoms with van der Waals surface area (Å²) in [6, 6.07) is 5.66. The Morgan fingerprint density at radius 3 is 2.33 bits per heavy atom. The van der Waals surface area contributed by atoms with Crippen molar-refractivity contribution in [2.75, 3.05) is 0 Å². The molecule has 0 saturated heterocycles. The molecule has 0 saturated carbocycles. The Labute approximate surface area is 144 Å². The first-order chi connectivity index (χ1) is 9.88. The van der Waals surface area contributed by atoms with Crippen LogP contribution in [0.1, 0.15) is 25.1 Å². The minimum absolute atomic E-state index is 0.119. The van der Waals surface area contributed by atoms with Crippen molar-refractivity contribution in [1.29, 1.82) is 0 Å². The molecular formula is C16H15ClF2NPb. The third-order valence-corrected chi connectivity index (χ3v) is 3.85. The largest absolute Gasteiger partial charge is 0.0683 e. The minimum Gasteiger partial charge on any atom is -0.0683 e. The van der Waals surface area contributed by atoms with E-state index in [1.165, 1.54) is 6.07 Å². The molecule has 1 aromatic carbocycles. The average molecular weight is 502 g/mol. The van der Waals surface area contributed by atoms with E-state index >= 15 is 0 Å². The Morgan fingerprint density at radius 1 is 1.14 bits per heavy atom. The summed E-state index contributed by atoms with van der Waals surface area (Å²) in [6.07, 6.45) is 0. The van der Waals surface area contributed by atoms with Crippen molar-refractivity contribution in [3.63, 3.8) is 0 Å². The molecule has 109 valence electrons. The van der Waals surface area contributed by atoms with E-state index in [-0.39, 0.29) is 10.6 Å². The molecule has 0 unspecified atom stereocenters. The smallest absolute Gasteiger partial charge is 0.0683 e. The van der Waals surface area contributed by atoms with Crippen LogP contribution in [0.4, 0.5) is 8.78 Å². The van der Waals surface area contributed by atoms with Crippen LogP contribution < -0.4 is 0 Å². The monoisotopic (exact) mass is 502 g/mol. The molecule has 0 bridgehead atoms. The van der Waals surface area contributed by atoms with E-state index in [1.54, 1.807) is 6.07 Å². The maximum atomic E-state index is 13.8. The number of halogens is 3.